The molecular formula is C14H22N2O2. The predicted octanol–water partition coefficient (Wildman–Crippen LogP) is 1.49. The van der Waals surface area contributed by atoms with E-state index in [0.717, 1.165) is 16.9 Å². The Labute approximate surface area is 109 Å². The first-order valence-electron chi connectivity index (χ1n) is 6.12. The summed E-state index contributed by atoms with van der Waals surface area (Å²) in [4.78, 5) is 13.5. The van der Waals surface area contributed by atoms with Gasteiger partial charge >= 0.3 is 0 Å². The lowest BCUT2D eigenvalue weighted by Gasteiger charge is -2.24. The average Bonchev–Trinajstić information content (AvgIpc) is 2.36. The summed E-state index contributed by atoms with van der Waals surface area (Å²) >= 11 is 0. The first-order chi connectivity index (χ1) is 8.47. The number of amides is 1. The van der Waals surface area contributed by atoms with Crippen LogP contribution in [0.2, 0.25) is 0 Å². The van der Waals surface area contributed by atoms with Gasteiger partial charge in [-0.05, 0) is 31.9 Å². The number of nitrogens with zero attached hydrogens (tertiary/aromatic N) is 1. The minimum atomic E-state index is -0.0596. The van der Waals surface area contributed by atoms with Crippen molar-refractivity contribution >= 4 is 5.91 Å². The summed E-state index contributed by atoms with van der Waals surface area (Å²) in [6.45, 7) is 6.35. The zero-order valence-electron chi connectivity index (χ0n) is 11.6. The maximum Gasteiger partial charge on any atom is 0.260 e. The highest BCUT2D eigenvalue weighted by Gasteiger charge is 2.15. The normalized spacial score (nSPS) is 12.1. The van der Waals surface area contributed by atoms with Gasteiger partial charge in [-0.25, -0.2) is 0 Å². The third-order valence-electron chi connectivity index (χ3n) is 3.14. The average molecular weight is 250 g/mol. The van der Waals surface area contributed by atoms with Crippen molar-refractivity contribution in [3.8, 4) is 5.75 Å². The number of hydrogen-bond acceptors (Lipinski definition) is 3. The summed E-state index contributed by atoms with van der Waals surface area (Å²) in [7, 11) is 1.74. The molecule has 1 aromatic carbocycles. The van der Waals surface area contributed by atoms with Gasteiger partial charge in [0, 0.05) is 19.6 Å². The van der Waals surface area contributed by atoms with Crippen LogP contribution in [0.25, 0.3) is 0 Å². The molecule has 0 heterocycles. The molecule has 1 atom stereocenters. The lowest BCUT2D eigenvalue weighted by Crippen LogP contribution is -2.42. The smallest absolute Gasteiger partial charge is 0.260 e. The molecule has 100 valence electrons. The van der Waals surface area contributed by atoms with Crippen LogP contribution in [0.1, 0.15) is 18.1 Å². The zero-order valence-corrected chi connectivity index (χ0v) is 11.6. The van der Waals surface area contributed by atoms with Crippen LogP contribution in [0.5, 0.6) is 5.75 Å². The number of hydrogen-bond donors (Lipinski definition) is 1. The Morgan fingerprint density at radius 3 is 2.44 bits per heavy atom. The molecule has 0 saturated heterocycles. The minimum Gasteiger partial charge on any atom is -0.483 e. The van der Waals surface area contributed by atoms with Crippen LogP contribution in [0, 0.1) is 13.8 Å². The molecule has 1 unspecified atom stereocenters. The quantitative estimate of drug-likeness (QED) is 0.861. The van der Waals surface area contributed by atoms with Gasteiger partial charge in [-0.15, -0.1) is 0 Å². The summed E-state index contributed by atoms with van der Waals surface area (Å²) in [5.41, 5.74) is 7.61. The fourth-order valence-electron chi connectivity index (χ4n) is 1.67. The number of rotatable bonds is 5. The Kier molecular flexibility index (Phi) is 5.16. The summed E-state index contributed by atoms with van der Waals surface area (Å²) in [6.07, 6.45) is 0. The molecule has 0 radical (unpaired) electrons. The maximum absolute atomic E-state index is 11.9. The highest BCUT2D eigenvalue weighted by molar-refractivity contribution is 5.77. The lowest BCUT2D eigenvalue weighted by molar-refractivity contribution is -0.133. The van der Waals surface area contributed by atoms with Crippen LogP contribution >= 0.6 is 0 Å². The zero-order chi connectivity index (χ0) is 13.7. The summed E-state index contributed by atoms with van der Waals surface area (Å²) < 4.78 is 5.61. The predicted molar refractivity (Wildman–Crippen MR) is 72.7 cm³/mol. The number of carbonyl (C=O) groups excluding carboxylic acids is 1. The Balaban J connectivity index is 2.63. The second-order valence-corrected chi connectivity index (χ2v) is 4.60. The Hall–Kier alpha value is -1.55. The molecule has 0 spiro atoms. The van der Waals surface area contributed by atoms with Crippen molar-refractivity contribution in [2.75, 3.05) is 20.2 Å². The molecule has 0 aliphatic heterocycles. The molecule has 0 bridgehead atoms. The van der Waals surface area contributed by atoms with E-state index in [0.29, 0.717) is 6.54 Å². The number of para-hydroxylation sites is 1. The van der Waals surface area contributed by atoms with E-state index in [-0.39, 0.29) is 18.6 Å². The van der Waals surface area contributed by atoms with Crippen molar-refractivity contribution < 1.29 is 9.53 Å². The van der Waals surface area contributed by atoms with Crippen LogP contribution in [0.4, 0.5) is 0 Å². The van der Waals surface area contributed by atoms with E-state index in [9.17, 15) is 4.79 Å². The molecule has 0 aromatic heterocycles. The van der Waals surface area contributed by atoms with Crippen molar-refractivity contribution in [3.05, 3.63) is 29.3 Å². The van der Waals surface area contributed by atoms with Gasteiger partial charge < -0.3 is 15.4 Å². The van der Waals surface area contributed by atoms with Gasteiger partial charge in [0.15, 0.2) is 6.61 Å². The van der Waals surface area contributed by atoms with Crippen molar-refractivity contribution in [2.45, 2.75) is 26.8 Å². The largest absolute Gasteiger partial charge is 0.483 e. The molecule has 1 rings (SSSR count). The van der Waals surface area contributed by atoms with Crippen LogP contribution in [-0.4, -0.2) is 37.0 Å². The van der Waals surface area contributed by atoms with Gasteiger partial charge in [-0.3, -0.25) is 4.79 Å². The number of benzene rings is 1. The highest BCUT2D eigenvalue weighted by Crippen LogP contribution is 2.22. The third-order valence-corrected chi connectivity index (χ3v) is 3.14. The maximum atomic E-state index is 11.9. The van der Waals surface area contributed by atoms with Crippen LogP contribution in [-0.2, 0) is 4.79 Å². The molecule has 0 saturated carbocycles. The van der Waals surface area contributed by atoms with E-state index in [1.165, 1.54) is 0 Å². The molecule has 1 amide bonds. The number of aryl methyl sites for hydroxylation is 2. The van der Waals surface area contributed by atoms with E-state index in [4.69, 9.17) is 10.5 Å². The highest BCUT2D eigenvalue weighted by atomic mass is 16.5. The van der Waals surface area contributed by atoms with E-state index in [2.05, 4.69) is 0 Å². The van der Waals surface area contributed by atoms with Crippen molar-refractivity contribution in [3.63, 3.8) is 0 Å². The van der Waals surface area contributed by atoms with Gasteiger partial charge in [-0.2, -0.15) is 0 Å². The Morgan fingerprint density at radius 1 is 1.39 bits per heavy atom. The number of carbonyl (C=O) groups is 1. The van der Waals surface area contributed by atoms with Crippen LogP contribution in [0.3, 0.4) is 0 Å². The molecule has 4 nitrogen and oxygen atoms in total. The van der Waals surface area contributed by atoms with Crippen molar-refractivity contribution in [2.24, 2.45) is 5.73 Å². The van der Waals surface area contributed by atoms with E-state index >= 15 is 0 Å². The topological polar surface area (TPSA) is 55.6 Å². The summed E-state index contributed by atoms with van der Waals surface area (Å²) in [5, 5.41) is 0. The van der Waals surface area contributed by atoms with Crippen molar-refractivity contribution in [1.29, 1.82) is 0 Å². The SMILES string of the molecule is Cc1cccc(C)c1OCC(=O)N(C)C(C)CN. The monoisotopic (exact) mass is 250 g/mol. The molecule has 0 fully saturated rings. The lowest BCUT2D eigenvalue weighted by atomic mass is 10.1. The molecule has 4 heteroatoms. The van der Waals surface area contributed by atoms with E-state index in [1.54, 1.807) is 11.9 Å². The fourth-order valence-corrected chi connectivity index (χ4v) is 1.67. The molecular weight excluding hydrogens is 228 g/mol. The van der Waals surface area contributed by atoms with Gasteiger partial charge in [0.05, 0.1) is 0 Å². The molecule has 0 aliphatic rings. The Morgan fingerprint density at radius 2 is 1.94 bits per heavy atom. The molecule has 2 N–H and O–H groups in total. The summed E-state index contributed by atoms with van der Waals surface area (Å²) in [6, 6.07) is 5.94. The fraction of sp³-hybridized carbons (Fsp3) is 0.500. The second kappa shape index (κ2) is 6.40. The van der Waals surface area contributed by atoms with Gasteiger partial charge in [0.1, 0.15) is 5.75 Å². The molecule has 18 heavy (non-hydrogen) atoms. The van der Waals surface area contributed by atoms with Gasteiger partial charge in [0.25, 0.3) is 5.91 Å². The van der Waals surface area contributed by atoms with Crippen LogP contribution < -0.4 is 10.5 Å². The number of ether oxygens (including phenoxy) is 1. The second-order valence-electron chi connectivity index (χ2n) is 4.60. The molecule has 0 aliphatic carbocycles. The minimum absolute atomic E-state index is 0.0269. The van der Waals surface area contributed by atoms with E-state index in [1.807, 2.05) is 39.0 Å². The first-order valence-corrected chi connectivity index (χ1v) is 6.12. The van der Waals surface area contributed by atoms with Gasteiger partial charge in [-0.1, -0.05) is 18.2 Å². The standard InChI is InChI=1S/C14H22N2O2/c1-10-6-5-7-11(2)14(10)18-9-13(17)16(4)12(3)8-15/h5-7,12H,8-9,15H2,1-4H3. The van der Waals surface area contributed by atoms with Gasteiger partial charge in [0.2, 0.25) is 0 Å². The number of nitrogens with two attached hydrogens (primary N) is 1. The summed E-state index contributed by atoms with van der Waals surface area (Å²) in [5.74, 6) is 0.732. The first kappa shape index (κ1) is 14.5. The van der Waals surface area contributed by atoms with Crippen LogP contribution in [0.15, 0.2) is 18.2 Å². The van der Waals surface area contributed by atoms with Crippen molar-refractivity contribution in [1.82, 2.24) is 4.90 Å². The Bertz CT molecular complexity index is 398. The number of likely N-dealkylation sites (N-methyl/N-ethyl adjacent to an activating group) is 1. The third kappa shape index (κ3) is 3.47. The molecule has 1 aromatic rings. The van der Waals surface area contributed by atoms with E-state index < -0.39 is 0 Å².